The minimum atomic E-state index is 0.505. The first-order valence-electron chi connectivity index (χ1n) is 9.90. The van der Waals surface area contributed by atoms with Crippen LogP contribution < -0.4 is 4.57 Å². The average Bonchev–Trinajstić information content (AvgIpc) is 2.83. The van der Waals surface area contributed by atoms with Gasteiger partial charge in [0.2, 0.25) is 6.33 Å². The minimum Gasteiger partial charge on any atom is -0.234 e. The van der Waals surface area contributed by atoms with Crippen molar-refractivity contribution in [2.24, 2.45) is 17.8 Å². The van der Waals surface area contributed by atoms with Gasteiger partial charge in [0.25, 0.3) is 0 Å². The third-order valence-electron chi connectivity index (χ3n) is 7.46. The zero-order chi connectivity index (χ0) is 14.6. The normalized spacial score (nSPS) is 41.7. The molecule has 5 saturated carbocycles. The van der Waals surface area contributed by atoms with Crippen LogP contribution in [-0.4, -0.2) is 4.57 Å². The van der Waals surface area contributed by atoms with E-state index in [9.17, 15) is 0 Å². The highest BCUT2D eigenvalue weighted by atomic mass is 15.2. The van der Waals surface area contributed by atoms with Gasteiger partial charge in [0, 0.05) is 0 Å². The van der Waals surface area contributed by atoms with Gasteiger partial charge in [0.15, 0.2) is 0 Å². The molecule has 2 heteroatoms. The molecule has 0 atom stereocenters. The van der Waals surface area contributed by atoms with Crippen molar-refractivity contribution in [3.63, 3.8) is 0 Å². The van der Waals surface area contributed by atoms with E-state index in [0.29, 0.717) is 5.54 Å². The summed E-state index contributed by atoms with van der Waals surface area (Å²) in [5.41, 5.74) is 0.505. The van der Waals surface area contributed by atoms with E-state index in [1.54, 1.807) is 19.3 Å². The van der Waals surface area contributed by atoms with Crippen molar-refractivity contribution < 1.29 is 4.57 Å². The molecule has 5 aliphatic carbocycles. The van der Waals surface area contributed by atoms with E-state index in [1.165, 1.54) is 57.8 Å². The number of hydrogen-bond acceptors (Lipinski definition) is 0. The van der Waals surface area contributed by atoms with E-state index in [1.807, 2.05) is 0 Å². The number of rotatable bonds is 2. The minimum absolute atomic E-state index is 0.505. The summed E-state index contributed by atoms with van der Waals surface area (Å²) in [7, 11) is 0. The quantitative estimate of drug-likeness (QED) is 0.557. The Morgan fingerprint density at radius 1 is 0.818 bits per heavy atom. The molecule has 0 amide bonds. The number of hydrogen-bond donors (Lipinski definition) is 0. The first-order chi connectivity index (χ1) is 10.8. The summed E-state index contributed by atoms with van der Waals surface area (Å²) in [6, 6.07) is 0.776. The Bertz CT molecular complexity index is 500. The molecule has 1 aromatic heterocycles. The predicted molar refractivity (Wildman–Crippen MR) is 87.5 cm³/mol. The maximum atomic E-state index is 2.67. The molecule has 2 nitrogen and oxygen atoms in total. The van der Waals surface area contributed by atoms with Crippen LogP contribution in [0.2, 0.25) is 0 Å². The van der Waals surface area contributed by atoms with E-state index in [2.05, 4.69) is 27.9 Å². The Hall–Kier alpha value is -0.790. The molecule has 6 rings (SSSR count). The Balaban J connectivity index is 1.41. The summed E-state index contributed by atoms with van der Waals surface area (Å²) in [6.45, 7) is 0. The van der Waals surface area contributed by atoms with E-state index in [-0.39, 0.29) is 0 Å². The van der Waals surface area contributed by atoms with Gasteiger partial charge in [-0.2, -0.15) is 0 Å². The smallest absolute Gasteiger partial charge is 0.234 e. The summed E-state index contributed by atoms with van der Waals surface area (Å²) in [6.07, 6.45) is 24.9. The zero-order valence-electron chi connectivity index (χ0n) is 13.9. The summed E-state index contributed by atoms with van der Waals surface area (Å²) in [4.78, 5) is 0. The second-order valence-corrected chi connectivity index (χ2v) is 9.06. The van der Waals surface area contributed by atoms with Crippen LogP contribution >= 0.6 is 0 Å². The zero-order valence-corrected chi connectivity index (χ0v) is 13.9. The number of imidazole rings is 1. The first-order valence-corrected chi connectivity index (χ1v) is 9.90. The first kappa shape index (κ1) is 13.6. The van der Waals surface area contributed by atoms with Crippen LogP contribution in [0.5, 0.6) is 0 Å². The summed E-state index contributed by atoms with van der Waals surface area (Å²) in [5, 5.41) is 0. The molecule has 1 aromatic rings. The molecular weight excluding hydrogens is 268 g/mol. The third-order valence-corrected chi connectivity index (χ3v) is 7.46. The molecule has 22 heavy (non-hydrogen) atoms. The van der Waals surface area contributed by atoms with Crippen molar-refractivity contribution in [2.75, 3.05) is 0 Å². The van der Waals surface area contributed by atoms with Crippen LogP contribution in [0.1, 0.15) is 83.1 Å². The highest BCUT2D eigenvalue weighted by Crippen LogP contribution is 2.58. The van der Waals surface area contributed by atoms with Gasteiger partial charge in [0.1, 0.15) is 24.0 Å². The summed E-state index contributed by atoms with van der Waals surface area (Å²) >= 11 is 0. The monoisotopic (exact) mass is 299 g/mol. The maximum Gasteiger partial charge on any atom is 0.244 e. The van der Waals surface area contributed by atoms with Crippen molar-refractivity contribution in [1.29, 1.82) is 0 Å². The molecule has 0 unspecified atom stereocenters. The summed E-state index contributed by atoms with van der Waals surface area (Å²) < 4.78 is 5.24. The van der Waals surface area contributed by atoms with Crippen LogP contribution in [0.4, 0.5) is 0 Å². The van der Waals surface area contributed by atoms with E-state index in [4.69, 9.17) is 0 Å². The molecule has 0 radical (unpaired) electrons. The Labute approximate surface area is 134 Å². The van der Waals surface area contributed by atoms with E-state index < -0.39 is 0 Å². The number of nitrogens with zero attached hydrogens (tertiary/aromatic N) is 2. The van der Waals surface area contributed by atoms with Crippen molar-refractivity contribution in [1.82, 2.24) is 4.57 Å². The molecular formula is C20H31N2+. The average molecular weight is 299 g/mol. The van der Waals surface area contributed by atoms with Crippen molar-refractivity contribution >= 4 is 0 Å². The predicted octanol–water partition coefficient (Wildman–Crippen LogP) is 4.60. The molecule has 0 saturated heterocycles. The lowest BCUT2D eigenvalue weighted by Crippen LogP contribution is -2.52. The van der Waals surface area contributed by atoms with Crippen molar-refractivity contribution in [3.8, 4) is 0 Å². The van der Waals surface area contributed by atoms with E-state index >= 15 is 0 Å². The van der Waals surface area contributed by atoms with Crippen molar-refractivity contribution in [3.05, 3.63) is 18.7 Å². The van der Waals surface area contributed by atoms with Crippen LogP contribution in [0, 0.1) is 17.8 Å². The molecule has 1 heterocycles. The van der Waals surface area contributed by atoms with Gasteiger partial charge >= 0.3 is 0 Å². The molecule has 0 N–H and O–H groups in total. The van der Waals surface area contributed by atoms with Crippen LogP contribution in [0.15, 0.2) is 18.7 Å². The highest BCUT2D eigenvalue weighted by molar-refractivity contribution is 5.05. The van der Waals surface area contributed by atoms with Gasteiger partial charge in [-0.1, -0.05) is 12.8 Å². The molecule has 5 aliphatic rings. The molecule has 0 aliphatic heterocycles. The third kappa shape index (κ3) is 2.17. The second-order valence-electron chi connectivity index (χ2n) is 9.06. The molecule has 0 spiro atoms. The van der Waals surface area contributed by atoms with Crippen molar-refractivity contribution in [2.45, 2.75) is 88.6 Å². The van der Waals surface area contributed by atoms with Gasteiger partial charge < -0.3 is 0 Å². The maximum absolute atomic E-state index is 2.67. The fraction of sp³-hybridized carbons (Fsp3) is 0.850. The van der Waals surface area contributed by atoms with Gasteiger partial charge in [-0.15, -0.1) is 0 Å². The van der Waals surface area contributed by atoms with Crippen LogP contribution in [0.25, 0.3) is 0 Å². The SMILES string of the molecule is c1c[n+](C2CCCCCC2)cn1C12CC3CC(CC(C3)C1)C2. The lowest BCUT2D eigenvalue weighted by molar-refractivity contribution is -0.724. The standard InChI is InChI=1S/C20H31N2/c1-2-4-6-19(5-3-1)21-7-8-22(15-21)20-12-16-9-17(13-20)11-18(10-16)14-20/h7-8,15-19H,1-6,9-14H2/q+1. The van der Waals surface area contributed by atoms with Gasteiger partial charge in [-0.05, 0) is 82.0 Å². The molecule has 4 bridgehead atoms. The van der Waals surface area contributed by atoms with Gasteiger partial charge in [-0.25, -0.2) is 9.13 Å². The largest absolute Gasteiger partial charge is 0.244 e. The van der Waals surface area contributed by atoms with E-state index in [0.717, 1.165) is 23.8 Å². The second kappa shape index (κ2) is 5.11. The molecule has 5 fully saturated rings. The summed E-state index contributed by atoms with van der Waals surface area (Å²) in [5.74, 6) is 3.12. The van der Waals surface area contributed by atoms with Crippen LogP contribution in [-0.2, 0) is 5.54 Å². The Morgan fingerprint density at radius 2 is 1.41 bits per heavy atom. The topological polar surface area (TPSA) is 8.81 Å². The molecule has 0 aromatic carbocycles. The fourth-order valence-electron chi connectivity index (χ4n) is 6.80. The lowest BCUT2D eigenvalue weighted by atomic mass is 9.53. The van der Waals surface area contributed by atoms with Crippen LogP contribution in [0.3, 0.4) is 0 Å². The Kier molecular flexibility index (Phi) is 3.16. The van der Waals surface area contributed by atoms with Gasteiger partial charge in [0.05, 0.1) is 0 Å². The molecule has 120 valence electrons. The highest BCUT2D eigenvalue weighted by Gasteiger charge is 2.54. The lowest BCUT2D eigenvalue weighted by Gasteiger charge is -2.54. The Morgan fingerprint density at radius 3 is 2.00 bits per heavy atom. The fourth-order valence-corrected chi connectivity index (χ4v) is 6.80. The number of aromatic nitrogens is 2. The van der Waals surface area contributed by atoms with Gasteiger partial charge in [-0.3, -0.25) is 0 Å².